The Morgan fingerprint density at radius 1 is 1.07 bits per heavy atom. The van der Waals surface area contributed by atoms with E-state index in [9.17, 15) is 14.4 Å². The van der Waals surface area contributed by atoms with E-state index in [1.165, 1.54) is 17.4 Å². The number of ketones is 1. The lowest BCUT2D eigenvalue weighted by Gasteiger charge is -2.07. The number of aromatic nitrogens is 3. The second kappa shape index (κ2) is 6.21. The zero-order valence-electron chi connectivity index (χ0n) is 14.8. The number of benzene rings is 1. The Hall–Kier alpha value is -3.74. The van der Waals surface area contributed by atoms with Gasteiger partial charge in [-0.3, -0.25) is 18.8 Å². The Balaban J connectivity index is 1.78. The van der Waals surface area contributed by atoms with Crippen molar-refractivity contribution in [1.82, 2.24) is 14.0 Å². The summed E-state index contributed by atoms with van der Waals surface area (Å²) in [7, 11) is 1.69. The first-order valence-corrected chi connectivity index (χ1v) is 8.35. The van der Waals surface area contributed by atoms with Crippen LogP contribution in [0.2, 0.25) is 0 Å². The maximum absolute atomic E-state index is 12.7. The molecule has 3 aromatic heterocycles. The number of hydrogen-bond acceptors (Lipinski definition) is 4. The van der Waals surface area contributed by atoms with Gasteiger partial charge in [-0.2, -0.15) is 0 Å². The van der Waals surface area contributed by atoms with Crippen LogP contribution in [0.5, 0.6) is 0 Å². The lowest BCUT2D eigenvalue weighted by Crippen LogP contribution is -2.16. The molecule has 27 heavy (non-hydrogen) atoms. The topological polar surface area (TPSA) is 85.5 Å². The molecule has 1 aromatic carbocycles. The molecular formula is C20H16N4O3. The van der Waals surface area contributed by atoms with Crippen LogP contribution >= 0.6 is 0 Å². The summed E-state index contributed by atoms with van der Waals surface area (Å²) in [5.74, 6) is -0.468. The molecule has 1 N–H and O–H groups in total. The monoisotopic (exact) mass is 360 g/mol. The third-order valence-corrected chi connectivity index (χ3v) is 4.47. The Kier molecular flexibility index (Phi) is 3.84. The number of nitrogens with one attached hydrogen (secondary N) is 1. The van der Waals surface area contributed by atoms with Gasteiger partial charge in [0, 0.05) is 24.5 Å². The van der Waals surface area contributed by atoms with E-state index < -0.39 is 0 Å². The number of aryl methyl sites for hydroxylation is 1. The summed E-state index contributed by atoms with van der Waals surface area (Å²) in [5, 5.41) is 3.13. The summed E-state index contributed by atoms with van der Waals surface area (Å²) in [6.45, 7) is 1.47. The normalized spacial score (nSPS) is 11.0. The molecule has 0 saturated heterocycles. The Labute approximate surface area is 153 Å². The minimum atomic E-state index is -0.385. The highest BCUT2D eigenvalue weighted by atomic mass is 16.2. The molecule has 0 aliphatic heterocycles. The van der Waals surface area contributed by atoms with Gasteiger partial charge in [0.25, 0.3) is 11.5 Å². The molecule has 3 heterocycles. The van der Waals surface area contributed by atoms with Crippen LogP contribution in [0.25, 0.3) is 16.7 Å². The number of Topliss-reactive ketones (excluding diaryl/α,β-unsaturated/α-hetero) is 1. The average Bonchev–Trinajstić information content (AvgIpc) is 2.99. The van der Waals surface area contributed by atoms with Gasteiger partial charge in [-0.15, -0.1) is 0 Å². The van der Waals surface area contributed by atoms with Gasteiger partial charge in [0.05, 0.1) is 5.39 Å². The number of amides is 1. The second-order valence-corrected chi connectivity index (χ2v) is 6.26. The maximum atomic E-state index is 12.7. The van der Waals surface area contributed by atoms with E-state index in [4.69, 9.17) is 0 Å². The number of rotatable bonds is 3. The van der Waals surface area contributed by atoms with E-state index >= 15 is 0 Å². The number of nitrogens with zero attached hydrogens (tertiary/aromatic N) is 3. The predicted molar refractivity (Wildman–Crippen MR) is 102 cm³/mol. The molecule has 0 atom stereocenters. The molecule has 0 bridgehead atoms. The van der Waals surface area contributed by atoms with E-state index in [2.05, 4.69) is 10.3 Å². The van der Waals surface area contributed by atoms with Gasteiger partial charge in [-0.05, 0) is 37.3 Å². The minimum absolute atomic E-state index is 0.0837. The van der Waals surface area contributed by atoms with Crippen LogP contribution in [0.1, 0.15) is 27.8 Å². The van der Waals surface area contributed by atoms with Crippen molar-refractivity contribution in [2.75, 3.05) is 5.32 Å². The van der Waals surface area contributed by atoms with E-state index in [-0.39, 0.29) is 17.2 Å². The molecule has 4 aromatic rings. The number of carbonyl (C=O) groups excluding carboxylic acids is 2. The first kappa shape index (κ1) is 16.7. The summed E-state index contributed by atoms with van der Waals surface area (Å²) in [5.41, 5.74) is 2.04. The zero-order chi connectivity index (χ0) is 19.1. The molecule has 0 aliphatic rings. The quantitative estimate of drug-likeness (QED) is 0.569. The second-order valence-electron chi connectivity index (χ2n) is 6.26. The SMILES string of the molecule is CC(=O)c1cccc(NC(=O)c2cc3c(=O)n4ccccc4nc3n2C)c1. The molecule has 0 spiro atoms. The molecule has 0 aliphatic carbocycles. The first-order chi connectivity index (χ1) is 13.0. The van der Waals surface area contributed by atoms with Crippen LogP contribution in [0.3, 0.4) is 0 Å². The van der Waals surface area contributed by atoms with Crippen molar-refractivity contribution in [2.24, 2.45) is 7.05 Å². The largest absolute Gasteiger partial charge is 0.324 e. The van der Waals surface area contributed by atoms with Crippen LogP contribution in [-0.4, -0.2) is 25.6 Å². The average molecular weight is 360 g/mol. The predicted octanol–water partition coefficient (Wildman–Crippen LogP) is 2.64. The van der Waals surface area contributed by atoms with Crippen LogP contribution in [0.4, 0.5) is 5.69 Å². The summed E-state index contributed by atoms with van der Waals surface area (Å²) >= 11 is 0. The Bertz CT molecular complexity index is 1280. The fourth-order valence-electron chi connectivity index (χ4n) is 3.05. The number of anilines is 1. The smallest absolute Gasteiger partial charge is 0.272 e. The van der Waals surface area contributed by atoms with Gasteiger partial charge in [-0.1, -0.05) is 18.2 Å². The van der Waals surface area contributed by atoms with Gasteiger partial charge in [0.2, 0.25) is 0 Å². The lowest BCUT2D eigenvalue weighted by molar-refractivity contribution is 0.100. The van der Waals surface area contributed by atoms with Crippen molar-refractivity contribution in [2.45, 2.75) is 6.92 Å². The van der Waals surface area contributed by atoms with Crippen molar-refractivity contribution in [3.63, 3.8) is 0 Å². The molecule has 134 valence electrons. The van der Waals surface area contributed by atoms with Crippen molar-refractivity contribution in [1.29, 1.82) is 0 Å². The van der Waals surface area contributed by atoms with Gasteiger partial charge in [-0.25, -0.2) is 4.98 Å². The number of carbonyl (C=O) groups is 2. The molecule has 0 radical (unpaired) electrons. The summed E-state index contributed by atoms with van der Waals surface area (Å²) < 4.78 is 3.04. The van der Waals surface area contributed by atoms with Crippen molar-refractivity contribution >= 4 is 34.1 Å². The van der Waals surface area contributed by atoms with Gasteiger partial charge < -0.3 is 9.88 Å². The first-order valence-electron chi connectivity index (χ1n) is 8.35. The molecular weight excluding hydrogens is 344 g/mol. The van der Waals surface area contributed by atoms with Gasteiger partial charge in [0.15, 0.2) is 5.78 Å². The van der Waals surface area contributed by atoms with Gasteiger partial charge in [0.1, 0.15) is 17.0 Å². The molecule has 7 heteroatoms. The number of pyridine rings is 1. The highest BCUT2D eigenvalue weighted by Crippen LogP contribution is 2.17. The highest BCUT2D eigenvalue weighted by Gasteiger charge is 2.18. The fraction of sp³-hybridized carbons (Fsp3) is 0.100. The van der Waals surface area contributed by atoms with Gasteiger partial charge >= 0.3 is 0 Å². The van der Waals surface area contributed by atoms with Crippen LogP contribution in [0, 0.1) is 0 Å². The summed E-state index contributed by atoms with van der Waals surface area (Å²) in [6.07, 6.45) is 1.64. The lowest BCUT2D eigenvalue weighted by atomic mass is 10.1. The fourth-order valence-corrected chi connectivity index (χ4v) is 3.05. The molecule has 7 nitrogen and oxygen atoms in total. The standard InChI is InChI=1S/C20H16N4O3/c1-12(25)13-6-5-7-14(10-13)21-19(26)16-11-15-18(23(16)2)22-17-8-3-4-9-24(17)20(15)27/h3-11H,1-2H3,(H,21,26). The van der Waals surface area contributed by atoms with E-state index in [0.717, 1.165) is 0 Å². The van der Waals surface area contributed by atoms with Crippen molar-refractivity contribution in [3.05, 3.63) is 76.3 Å². The van der Waals surface area contributed by atoms with Crippen molar-refractivity contribution < 1.29 is 9.59 Å². The Morgan fingerprint density at radius 2 is 1.89 bits per heavy atom. The van der Waals surface area contributed by atoms with E-state index in [1.54, 1.807) is 60.3 Å². The van der Waals surface area contributed by atoms with Crippen LogP contribution in [0.15, 0.2) is 59.5 Å². The molecule has 0 fully saturated rings. The van der Waals surface area contributed by atoms with E-state index in [1.807, 2.05) is 0 Å². The molecule has 0 unspecified atom stereocenters. The number of hydrogen-bond donors (Lipinski definition) is 1. The van der Waals surface area contributed by atoms with Crippen LogP contribution in [-0.2, 0) is 7.05 Å². The van der Waals surface area contributed by atoms with E-state index in [0.29, 0.717) is 33.6 Å². The molecule has 1 amide bonds. The maximum Gasteiger partial charge on any atom is 0.272 e. The Morgan fingerprint density at radius 3 is 2.67 bits per heavy atom. The third kappa shape index (κ3) is 2.79. The highest BCUT2D eigenvalue weighted by molar-refractivity contribution is 6.06. The number of fused-ring (bicyclic) bond motifs is 2. The summed E-state index contributed by atoms with van der Waals surface area (Å²) in [6, 6.07) is 13.5. The zero-order valence-corrected chi connectivity index (χ0v) is 14.8. The third-order valence-electron chi connectivity index (χ3n) is 4.47. The van der Waals surface area contributed by atoms with Crippen molar-refractivity contribution in [3.8, 4) is 0 Å². The minimum Gasteiger partial charge on any atom is -0.324 e. The molecule has 4 rings (SSSR count). The molecule has 0 saturated carbocycles. The van der Waals surface area contributed by atoms with Crippen LogP contribution < -0.4 is 10.9 Å². The summed E-state index contributed by atoms with van der Waals surface area (Å²) in [4.78, 5) is 41.4.